The minimum absolute atomic E-state index is 0.0418. The first-order valence-corrected chi connectivity index (χ1v) is 10.7. The van der Waals surface area contributed by atoms with Crippen LogP contribution in [-0.4, -0.2) is 36.9 Å². The van der Waals surface area contributed by atoms with Gasteiger partial charge < -0.3 is 10.2 Å². The predicted octanol–water partition coefficient (Wildman–Crippen LogP) is 2.99. The van der Waals surface area contributed by atoms with Crippen LogP contribution >= 0.6 is 11.6 Å². The summed E-state index contributed by atoms with van der Waals surface area (Å²) in [5.74, 6) is -3.93. The number of carbonyl (C=O) groups excluding carboxylic acids is 3. The summed E-state index contributed by atoms with van der Waals surface area (Å²) < 4.78 is 29.4. The van der Waals surface area contributed by atoms with Crippen molar-refractivity contribution in [1.29, 1.82) is 0 Å². The van der Waals surface area contributed by atoms with Crippen molar-refractivity contribution < 1.29 is 23.2 Å². The van der Waals surface area contributed by atoms with Crippen molar-refractivity contribution in [2.75, 3.05) is 18.0 Å². The highest BCUT2D eigenvalue weighted by molar-refractivity contribution is 6.31. The first kappa shape index (κ1) is 22.2. The molecule has 4 rings (SSSR count). The Morgan fingerprint density at radius 3 is 2.50 bits per heavy atom. The largest absolute Gasteiger partial charge is 0.367 e. The van der Waals surface area contributed by atoms with Gasteiger partial charge in [0.15, 0.2) is 0 Å². The topological polar surface area (TPSA) is 78.5 Å². The Morgan fingerprint density at radius 1 is 1.19 bits per heavy atom. The van der Waals surface area contributed by atoms with Crippen LogP contribution in [0.2, 0.25) is 5.02 Å². The third-order valence-electron chi connectivity index (χ3n) is 5.85. The molecule has 0 saturated carbocycles. The highest BCUT2D eigenvalue weighted by Gasteiger charge is 2.34. The van der Waals surface area contributed by atoms with Crippen LogP contribution in [0.5, 0.6) is 0 Å². The molecule has 2 N–H and O–H groups in total. The normalized spacial score (nSPS) is 18.9. The van der Waals surface area contributed by atoms with Crippen LogP contribution in [0.15, 0.2) is 30.3 Å². The lowest BCUT2D eigenvalue weighted by Gasteiger charge is -2.41. The van der Waals surface area contributed by atoms with E-state index >= 15 is 0 Å². The molecule has 2 aromatic rings. The highest BCUT2D eigenvalue weighted by atomic mass is 35.5. The molecule has 3 amide bonds. The van der Waals surface area contributed by atoms with E-state index in [9.17, 15) is 23.2 Å². The minimum atomic E-state index is -1.03. The summed E-state index contributed by atoms with van der Waals surface area (Å²) >= 11 is 6.00. The molecule has 32 heavy (non-hydrogen) atoms. The van der Waals surface area contributed by atoms with Gasteiger partial charge in [-0.05, 0) is 42.7 Å². The number of amides is 3. The van der Waals surface area contributed by atoms with Crippen molar-refractivity contribution in [3.8, 4) is 0 Å². The second kappa shape index (κ2) is 8.86. The van der Waals surface area contributed by atoms with E-state index in [4.69, 9.17) is 11.6 Å². The molecular weight excluding hydrogens is 440 g/mol. The maximum absolute atomic E-state index is 14.7. The van der Waals surface area contributed by atoms with Crippen molar-refractivity contribution in [3.63, 3.8) is 0 Å². The lowest BCUT2D eigenvalue weighted by atomic mass is 9.89. The number of aryl methyl sites for hydroxylation is 1. The van der Waals surface area contributed by atoms with Crippen LogP contribution in [0.3, 0.4) is 0 Å². The van der Waals surface area contributed by atoms with Crippen LogP contribution in [-0.2, 0) is 20.8 Å². The zero-order valence-corrected chi connectivity index (χ0v) is 18.1. The molecule has 1 atom stereocenters. The highest BCUT2D eigenvalue weighted by Crippen LogP contribution is 2.33. The fourth-order valence-electron chi connectivity index (χ4n) is 4.12. The molecule has 2 aromatic carbocycles. The molecule has 0 spiro atoms. The van der Waals surface area contributed by atoms with Gasteiger partial charge in [-0.1, -0.05) is 23.7 Å². The maximum atomic E-state index is 14.7. The molecule has 2 aliphatic rings. The molecular formula is C23H22ClF2N3O3. The second-order valence-corrected chi connectivity index (χ2v) is 8.66. The van der Waals surface area contributed by atoms with Gasteiger partial charge in [0.1, 0.15) is 11.6 Å². The van der Waals surface area contributed by atoms with E-state index in [-0.39, 0.29) is 36.8 Å². The molecule has 9 heteroatoms. The van der Waals surface area contributed by atoms with Crippen LogP contribution in [0.25, 0.3) is 0 Å². The molecule has 2 heterocycles. The fourth-order valence-corrected chi connectivity index (χ4v) is 4.23. The van der Waals surface area contributed by atoms with Crippen molar-refractivity contribution in [3.05, 3.63) is 63.7 Å². The quantitative estimate of drug-likeness (QED) is 0.671. The SMILES string of the molecule is Cc1cc(CC(=O)NC2CN(c3cc(F)c(C4CCC(=O)NC4=O)c(F)c3)C2)ccc1Cl. The number of anilines is 1. The van der Waals surface area contributed by atoms with Gasteiger partial charge in [-0.25, -0.2) is 8.78 Å². The summed E-state index contributed by atoms with van der Waals surface area (Å²) in [6, 6.07) is 7.68. The molecule has 0 aliphatic carbocycles. The first-order chi connectivity index (χ1) is 15.2. The smallest absolute Gasteiger partial charge is 0.234 e. The Labute approximate surface area is 188 Å². The molecule has 2 aliphatic heterocycles. The lowest BCUT2D eigenvalue weighted by Crippen LogP contribution is -2.59. The van der Waals surface area contributed by atoms with Crippen LogP contribution in [0.1, 0.15) is 35.4 Å². The third kappa shape index (κ3) is 4.60. The Hall–Kier alpha value is -3.00. The van der Waals surface area contributed by atoms with Gasteiger partial charge in [-0.3, -0.25) is 19.7 Å². The molecule has 1 unspecified atom stereocenters. The van der Waals surface area contributed by atoms with E-state index in [0.29, 0.717) is 23.8 Å². The van der Waals surface area contributed by atoms with Gasteiger partial charge in [-0.2, -0.15) is 0 Å². The average Bonchev–Trinajstić information content (AvgIpc) is 2.68. The third-order valence-corrected chi connectivity index (χ3v) is 6.27. The van der Waals surface area contributed by atoms with Crippen LogP contribution in [0, 0.1) is 18.6 Å². The molecule has 0 bridgehead atoms. The summed E-state index contributed by atoms with van der Waals surface area (Å²) in [7, 11) is 0. The number of benzene rings is 2. The van der Waals surface area contributed by atoms with Crippen LogP contribution in [0.4, 0.5) is 14.5 Å². The summed E-state index contributed by atoms with van der Waals surface area (Å²) in [6.07, 6.45) is 0.335. The van der Waals surface area contributed by atoms with E-state index in [0.717, 1.165) is 11.1 Å². The molecule has 0 radical (unpaired) electrons. The Morgan fingerprint density at radius 2 is 1.88 bits per heavy atom. The zero-order valence-electron chi connectivity index (χ0n) is 17.4. The van der Waals surface area contributed by atoms with Gasteiger partial charge in [-0.15, -0.1) is 0 Å². The van der Waals surface area contributed by atoms with Crippen molar-refractivity contribution in [2.24, 2.45) is 0 Å². The van der Waals surface area contributed by atoms with Gasteiger partial charge in [0.2, 0.25) is 17.7 Å². The summed E-state index contributed by atoms with van der Waals surface area (Å²) in [5, 5.41) is 5.68. The number of halogens is 3. The van der Waals surface area contributed by atoms with E-state index in [1.165, 1.54) is 12.1 Å². The number of piperidine rings is 1. The lowest BCUT2D eigenvalue weighted by molar-refractivity contribution is -0.134. The Balaban J connectivity index is 1.35. The fraction of sp³-hybridized carbons (Fsp3) is 0.348. The van der Waals surface area contributed by atoms with E-state index in [1.807, 2.05) is 13.0 Å². The summed E-state index contributed by atoms with van der Waals surface area (Å²) in [5.41, 5.74) is 1.78. The summed E-state index contributed by atoms with van der Waals surface area (Å²) in [4.78, 5) is 37.3. The number of hydrogen-bond donors (Lipinski definition) is 2. The number of carbonyl (C=O) groups is 3. The molecule has 2 saturated heterocycles. The molecule has 168 valence electrons. The van der Waals surface area contributed by atoms with E-state index < -0.39 is 29.4 Å². The van der Waals surface area contributed by atoms with Gasteiger partial charge in [0.05, 0.1) is 18.4 Å². The number of nitrogens with one attached hydrogen (secondary N) is 2. The number of imide groups is 1. The maximum Gasteiger partial charge on any atom is 0.234 e. The number of rotatable bonds is 5. The minimum Gasteiger partial charge on any atom is -0.367 e. The second-order valence-electron chi connectivity index (χ2n) is 8.26. The Bertz CT molecular complexity index is 1080. The Kier molecular flexibility index (Phi) is 6.15. The average molecular weight is 462 g/mol. The predicted molar refractivity (Wildman–Crippen MR) is 116 cm³/mol. The van der Waals surface area contributed by atoms with Crippen LogP contribution < -0.4 is 15.5 Å². The van der Waals surface area contributed by atoms with Gasteiger partial charge in [0.25, 0.3) is 0 Å². The standard InChI is InChI=1S/C23H22ClF2N3O3/c1-12-6-13(2-4-17(12)24)7-21(31)27-14-10-29(11-14)15-8-18(25)22(19(26)9-15)16-3-5-20(30)28-23(16)32/h2,4,6,8-9,14,16H,3,5,7,10-11H2,1H3,(H,27,31)(H,28,30,32). The van der Waals surface area contributed by atoms with E-state index in [2.05, 4.69) is 10.6 Å². The first-order valence-electron chi connectivity index (χ1n) is 10.3. The van der Waals surface area contributed by atoms with Gasteiger partial charge in [0, 0.05) is 35.8 Å². The summed E-state index contributed by atoms with van der Waals surface area (Å²) in [6.45, 7) is 2.71. The monoisotopic (exact) mass is 461 g/mol. The number of nitrogens with zero attached hydrogens (tertiary/aromatic N) is 1. The van der Waals surface area contributed by atoms with Crippen molar-refractivity contribution in [2.45, 2.75) is 38.1 Å². The van der Waals surface area contributed by atoms with Crippen molar-refractivity contribution >= 4 is 35.0 Å². The van der Waals surface area contributed by atoms with E-state index in [1.54, 1.807) is 17.0 Å². The molecule has 6 nitrogen and oxygen atoms in total. The molecule has 2 fully saturated rings. The molecule has 0 aromatic heterocycles. The van der Waals surface area contributed by atoms with Crippen molar-refractivity contribution in [1.82, 2.24) is 10.6 Å². The van der Waals surface area contributed by atoms with Gasteiger partial charge >= 0.3 is 0 Å². The number of hydrogen-bond acceptors (Lipinski definition) is 4. The zero-order chi connectivity index (χ0) is 23.0.